The molecule has 0 aromatic heterocycles. The largest absolute Gasteiger partial charge is 0.238 e. The van der Waals surface area contributed by atoms with Gasteiger partial charge in [-0.2, -0.15) is 5.26 Å². The number of hydrogen-bond acceptors (Lipinski definition) is 3. The van der Waals surface area contributed by atoms with Gasteiger partial charge in [-0.3, -0.25) is 0 Å². The quantitative estimate of drug-likeness (QED) is 0.820. The molecule has 14 heavy (non-hydrogen) atoms. The number of alkyl halides is 1. The number of nitrogens with two attached hydrogens (primary N) is 1. The van der Waals surface area contributed by atoms with E-state index < -0.39 is 10.0 Å². The summed E-state index contributed by atoms with van der Waals surface area (Å²) < 4.78 is 22.3. The van der Waals surface area contributed by atoms with Crippen LogP contribution >= 0.6 is 15.9 Å². The first-order valence-electron chi connectivity index (χ1n) is 3.61. The summed E-state index contributed by atoms with van der Waals surface area (Å²) in [5.41, 5.74) is 0.714. The number of hydrogen-bond donors (Lipinski definition) is 1. The van der Waals surface area contributed by atoms with Crippen molar-refractivity contribution in [3.63, 3.8) is 0 Å². The standard InChI is InChI=1S/C8H7BrN2O2S/c9-4-7-6(5-10)2-1-3-8(7)14(11,12)13/h1-3H,4H2,(H2,11,12,13). The highest BCUT2D eigenvalue weighted by Crippen LogP contribution is 2.20. The van der Waals surface area contributed by atoms with Crippen molar-refractivity contribution in [3.05, 3.63) is 29.3 Å². The molecule has 2 N–H and O–H groups in total. The highest BCUT2D eigenvalue weighted by molar-refractivity contribution is 9.08. The number of benzene rings is 1. The second-order valence-corrected chi connectivity index (χ2v) is 4.66. The van der Waals surface area contributed by atoms with Crippen molar-refractivity contribution >= 4 is 26.0 Å². The maximum Gasteiger partial charge on any atom is 0.238 e. The monoisotopic (exact) mass is 274 g/mol. The third-order valence-electron chi connectivity index (χ3n) is 1.69. The molecule has 0 amide bonds. The first-order valence-corrected chi connectivity index (χ1v) is 6.28. The third-order valence-corrected chi connectivity index (χ3v) is 3.25. The average Bonchev–Trinajstić information content (AvgIpc) is 2.15. The average molecular weight is 275 g/mol. The van der Waals surface area contributed by atoms with E-state index in [1.807, 2.05) is 6.07 Å². The fourth-order valence-corrected chi connectivity index (χ4v) is 2.66. The van der Waals surface area contributed by atoms with Crippen LogP contribution in [0.4, 0.5) is 0 Å². The van der Waals surface area contributed by atoms with Gasteiger partial charge in [0.05, 0.1) is 16.5 Å². The molecule has 74 valence electrons. The summed E-state index contributed by atoms with van der Waals surface area (Å²) in [6.45, 7) is 0. The summed E-state index contributed by atoms with van der Waals surface area (Å²) in [5, 5.41) is 14.0. The molecular formula is C8H7BrN2O2S. The van der Waals surface area contributed by atoms with Crippen LogP contribution < -0.4 is 5.14 Å². The molecule has 0 spiro atoms. The molecular weight excluding hydrogens is 268 g/mol. The molecule has 0 saturated heterocycles. The summed E-state index contributed by atoms with van der Waals surface area (Å²) in [6, 6.07) is 6.33. The summed E-state index contributed by atoms with van der Waals surface area (Å²) in [5.74, 6) is 0. The van der Waals surface area contributed by atoms with Crippen LogP contribution in [-0.2, 0) is 15.4 Å². The smallest absolute Gasteiger partial charge is 0.225 e. The molecule has 0 saturated carbocycles. The fourth-order valence-electron chi connectivity index (χ4n) is 1.07. The first-order chi connectivity index (χ1) is 6.50. The number of nitriles is 1. The molecule has 0 bridgehead atoms. The van der Waals surface area contributed by atoms with Gasteiger partial charge in [-0.1, -0.05) is 22.0 Å². The molecule has 4 nitrogen and oxygen atoms in total. The minimum absolute atomic E-state index is 0.00609. The Balaban J connectivity index is 3.55. The maximum atomic E-state index is 11.1. The van der Waals surface area contributed by atoms with E-state index in [4.69, 9.17) is 10.4 Å². The van der Waals surface area contributed by atoms with Gasteiger partial charge in [0.25, 0.3) is 0 Å². The summed E-state index contributed by atoms with van der Waals surface area (Å²) in [7, 11) is -3.76. The normalized spacial score (nSPS) is 10.9. The maximum absolute atomic E-state index is 11.1. The van der Waals surface area contributed by atoms with E-state index in [0.29, 0.717) is 11.1 Å². The second kappa shape index (κ2) is 4.09. The SMILES string of the molecule is N#Cc1cccc(S(N)(=O)=O)c1CBr. The van der Waals surface area contributed by atoms with Crippen molar-refractivity contribution in [3.8, 4) is 6.07 Å². The van der Waals surface area contributed by atoms with Gasteiger partial charge in [0, 0.05) is 10.9 Å². The Morgan fingerprint density at radius 1 is 1.50 bits per heavy atom. The minimum Gasteiger partial charge on any atom is -0.225 e. The molecule has 0 atom stereocenters. The molecule has 6 heteroatoms. The van der Waals surface area contributed by atoms with Gasteiger partial charge in [-0.25, -0.2) is 13.6 Å². The van der Waals surface area contributed by atoms with E-state index in [-0.39, 0.29) is 10.2 Å². The molecule has 0 unspecified atom stereocenters. The summed E-state index contributed by atoms with van der Waals surface area (Å²) in [4.78, 5) is -0.00609. The van der Waals surface area contributed by atoms with Crippen LogP contribution in [0.25, 0.3) is 0 Å². The number of rotatable bonds is 2. The summed E-state index contributed by atoms with van der Waals surface area (Å²) in [6.07, 6.45) is 0. The lowest BCUT2D eigenvalue weighted by Gasteiger charge is -2.05. The predicted octanol–water partition coefficient (Wildman–Crippen LogP) is 1.10. The lowest BCUT2D eigenvalue weighted by molar-refractivity contribution is 0.597. The van der Waals surface area contributed by atoms with Crippen LogP contribution in [0.1, 0.15) is 11.1 Å². The van der Waals surface area contributed by atoms with Gasteiger partial charge in [0.2, 0.25) is 10.0 Å². The number of primary sulfonamides is 1. The van der Waals surface area contributed by atoms with Gasteiger partial charge < -0.3 is 0 Å². The summed E-state index contributed by atoms with van der Waals surface area (Å²) >= 11 is 3.12. The Morgan fingerprint density at radius 3 is 2.57 bits per heavy atom. The molecule has 1 aromatic carbocycles. The minimum atomic E-state index is -3.76. The molecule has 0 radical (unpaired) electrons. The van der Waals surface area contributed by atoms with E-state index in [9.17, 15) is 8.42 Å². The zero-order chi connectivity index (χ0) is 10.8. The Morgan fingerprint density at radius 2 is 2.14 bits per heavy atom. The molecule has 1 rings (SSSR count). The van der Waals surface area contributed by atoms with Crippen molar-refractivity contribution in [2.24, 2.45) is 5.14 Å². The van der Waals surface area contributed by atoms with Crippen molar-refractivity contribution in [2.45, 2.75) is 10.2 Å². The van der Waals surface area contributed by atoms with Crippen LogP contribution in [0.15, 0.2) is 23.1 Å². The van der Waals surface area contributed by atoms with Crippen molar-refractivity contribution in [1.29, 1.82) is 5.26 Å². The van der Waals surface area contributed by atoms with E-state index in [1.165, 1.54) is 12.1 Å². The van der Waals surface area contributed by atoms with Gasteiger partial charge >= 0.3 is 0 Å². The number of nitrogens with zero attached hydrogens (tertiary/aromatic N) is 1. The Labute approximate surface area is 90.5 Å². The van der Waals surface area contributed by atoms with Crippen LogP contribution in [0.5, 0.6) is 0 Å². The van der Waals surface area contributed by atoms with Crippen LogP contribution in [0.3, 0.4) is 0 Å². The fraction of sp³-hybridized carbons (Fsp3) is 0.125. The molecule has 0 heterocycles. The molecule has 0 fully saturated rings. The number of halogens is 1. The van der Waals surface area contributed by atoms with Crippen molar-refractivity contribution in [2.75, 3.05) is 0 Å². The molecule has 1 aromatic rings. The Hall–Kier alpha value is -0.900. The van der Waals surface area contributed by atoms with E-state index in [0.717, 1.165) is 0 Å². The van der Waals surface area contributed by atoms with Gasteiger partial charge in [0.15, 0.2) is 0 Å². The second-order valence-electron chi connectivity index (χ2n) is 2.57. The van der Waals surface area contributed by atoms with Crippen LogP contribution in [0, 0.1) is 11.3 Å². The highest BCUT2D eigenvalue weighted by atomic mass is 79.9. The zero-order valence-corrected chi connectivity index (χ0v) is 9.47. The van der Waals surface area contributed by atoms with Gasteiger partial charge in [-0.05, 0) is 12.1 Å². The molecule has 0 aliphatic rings. The van der Waals surface area contributed by atoms with E-state index >= 15 is 0 Å². The van der Waals surface area contributed by atoms with Crippen LogP contribution in [-0.4, -0.2) is 8.42 Å². The van der Waals surface area contributed by atoms with E-state index in [2.05, 4.69) is 15.9 Å². The zero-order valence-electron chi connectivity index (χ0n) is 7.07. The Kier molecular flexibility index (Phi) is 3.26. The van der Waals surface area contributed by atoms with E-state index in [1.54, 1.807) is 6.07 Å². The predicted molar refractivity (Wildman–Crippen MR) is 55.2 cm³/mol. The molecule has 0 aliphatic carbocycles. The van der Waals surface area contributed by atoms with Crippen LogP contribution in [0.2, 0.25) is 0 Å². The van der Waals surface area contributed by atoms with Gasteiger partial charge in [0.1, 0.15) is 0 Å². The van der Waals surface area contributed by atoms with Crippen molar-refractivity contribution < 1.29 is 8.42 Å². The molecule has 0 aliphatic heterocycles. The Bertz CT molecular complexity index is 491. The number of sulfonamides is 1. The van der Waals surface area contributed by atoms with Gasteiger partial charge in [-0.15, -0.1) is 0 Å². The third kappa shape index (κ3) is 2.12. The highest BCUT2D eigenvalue weighted by Gasteiger charge is 2.15. The van der Waals surface area contributed by atoms with Crippen molar-refractivity contribution in [1.82, 2.24) is 0 Å². The lowest BCUT2D eigenvalue weighted by atomic mass is 10.1. The lowest BCUT2D eigenvalue weighted by Crippen LogP contribution is -2.14. The first kappa shape index (κ1) is 11.2. The topological polar surface area (TPSA) is 83.9 Å².